The number of carbonyl (C=O) groups excluding carboxylic acids is 1. The predicted molar refractivity (Wildman–Crippen MR) is 185 cm³/mol. The Morgan fingerprint density at radius 1 is 1.12 bits per heavy atom. The Hall–Kier alpha value is -4.43. The summed E-state index contributed by atoms with van der Waals surface area (Å²) < 4.78 is 8.42. The molecule has 2 aromatic heterocycles. The Morgan fingerprint density at radius 3 is 2.50 bits per heavy atom. The Morgan fingerprint density at radius 2 is 1.85 bits per heavy atom. The number of halogens is 1. The first-order valence-electron chi connectivity index (χ1n) is 16.0. The third-order valence-electron chi connectivity index (χ3n) is 8.53. The second-order valence-corrected chi connectivity index (χ2v) is 14.0. The van der Waals surface area contributed by atoms with E-state index in [2.05, 4.69) is 31.3 Å². The molecule has 4 heterocycles. The van der Waals surface area contributed by atoms with Crippen molar-refractivity contribution in [2.45, 2.75) is 71.4 Å². The number of allylic oxidation sites excluding steroid dienone is 1. The maximum atomic E-state index is 13.6. The normalized spacial score (nSPS) is 16.6. The summed E-state index contributed by atoms with van der Waals surface area (Å²) in [4.78, 5) is 32.5. The SMILES string of the molecule is CC1=CN(c2ccc(CN3CCC(O)(Cn4cnc5c(-c6ccc(CNC(=O)OC(C)(C)C)cc6)n(C)nc5c4=O)CC3)c(Cl)c2)NN1. The van der Waals surface area contributed by atoms with Gasteiger partial charge in [-0.1, -0.05) is 41.9 Å². The number of anilines is 1. The number of nitrogens with one attached hydrogen (secondary N) is 3. The average molecular weight is 676 g/mol. The Kier molecular flexibility index (Phi) is 9.22. The van der Waals surface area contributed by atoms with Crippen molar-refractivity contribution >= 4 is 34.4 Å². The van der Waals surface area contributed by atoms with Crippen LogP contribution in [0.4, 0.5) is 10.5 Å². The van der Waals surface area contributed by atoms with Gasteiger partial charge in [-0.15, -0.1) is 5.53 Å². The van der Waals surface area contributed by atoms with Crippen LogP contribution in [0.2, 0.25) is 5.02 Å². The topological polar surface area (TPSA) is 142 Å². The van der Waals surface area contributed by atoms with E-state index < -0.39 is 17.3 Å². The number of rotatable bonds is 8. The lowest BCUT2D eigenvalue weighted by Crippen LogP contribution is -2.47. The summed E-state index contributed by atoms with van der Waals surface area (Å²) in [6.07, 6.45) is 3.99. The highest BCUT2D eigenvalue weighted by molar-refractivity contribution is 6.31. The number of ether oxygens (including phenoxy) is 1. The van der Waals surface area contributed by atoms with Gasteiger partial charge in [0, 0.05) is 55.7 Å². The molecule has 0 unspecified atom stereocenters. The third-order valence-corrected chi connectivity index (χ3v) is 8.88. The summed E-state index contributed by atoms with van der Waals surface area (Å²) in [5, 5.41) is 21.3. The van der Waals surface area contributed by atoms with Crippen molar-refractivity contribution in [2.75, 3.05) is 18.1 Å². The predicted octanol–water partition coefficient (Wildman–Crippen LogP) is 4.19. The van der Waals surface area contributed by atoms with Crippen molar-refractivity contribution < 1.29 is 14.6 Å². The second-order valence-electron chi connectivity index (χ2n) is 13.6. The van der Waals surface area contributed by atoms with Crippen LogP contribution < -0.4 is 26.8 Å². The lowest BCUT2D eigenvalue weighted by atomic mass is 9.91. The minimum Gasteiger partial charge on any atom is -0.444 e. The maximum absolute atomic E-state index is 13.6. The zero-order valence-electron chi connectivity index (χ0n) is 27.9. The summed E-state index contributed by atoms with van der Waals surface area (Å²) in [5.41, 5.74) is 10.3. The molecule has 13 nitrogen and oxygen atoms in total. The maximum Gasteiger partial charge on any atom is 0.407 e. The Bertz CT molecular complexity index is 1900. The fourth-order valence-corrected chi connectivity index (χ4v) is 6.24. The van der Waals surface area contributed by atoms with Gasteiger partial charge in [-0.2, -0.15) is 5.10 Å². The zero-order chi connectivity index (χ0) is 34.2. The van der Waals surface area contributed by atoms with Crippen LogP contribution in [0.25, 0.3) is 22.3 Å². The molecule has 0 bridgehead atoms. The first-order chi connectivity index (χ1) is 22.8. The minimum atomic E-state index is -1.05. The molecule has 48 heavy (non-hydrogen) atoms. The van der Waals surface area contributed by atoms with E-state index in [4.69, 9.17) is 16.3 Å². The van der Waals surface area contributed by atoms with Crippen LogP contribution in [-0.4, -0.2) is 59.7 Å². The number of likely N-dealkylation sites (tertiary alicyclic amines) is 1. The van der Waals surface area contributed by atoms with Crippen LogP contribution >= 0.6 is 11.6 Å². The van der Waals surface area contributed by atoms with Crippen molar-refractivity contribution in [1.82, 2.24) is 40.5 Å². The summed E-state index contributed by atoms with van der Waals surface area (Å²) in [6, 6.07) is 13.6. The number of carbonyl (C=O) groups is 1. The van der Waals surface area contributed by atoms with Gasteiger partial charge in [-0.05, 0) is 63.8 Å². The van der Waals surface area contributed by atoms with E-state index in [0.29, 0.717) is 55.3 Å². The standard InChI is InChI=1S/C34H42ClN9O4/c1-22-18-44(40-38-22)26-11-10-25(27(35)16-26)19-42-14-12-34(47,13-15-42)20-43-21-37-28-29(31(43)45)39-41(5)30(28)24-8-6-23(7-9-24)17-36-32(46)48-33(2,3)4/h6-11,16,18,21,38,40,47H,12-15,17,19-20H2,1-5H3,(H,36,46). The lowest BCUT2D eigenvalue weighted by molar-refractivity contribution is -0.0364. The highest BCUT2D eigenvalue weighted by Gasteiger charge is 2.34. The Labute approximate surface area is 284 Å². The van der Waals surface area contributed by atoms with Gasteiger partial charge in [-0.25, -0.2) is 9.78 Å². The van der Waals surface area contributed by atoms with E-state index in [1.54, 1.807) is 11.7 Å². The van der Waals surface area contributed by atoms with Gasteiger partial charge in [0.1, 0.15) is 11.1 Å². The molecule has 0 spiro atoms. The number of benzene rings is 2. The second kappa shape index (κ2) is 13.2. The van der Waals surface area contributed by atoms with E-state index in [9.17, 15) is 14.7 Å². The number of aromatic nitrogens is 4. The van der Waals surface area contributed by atoms with Gasteiger partial charge < -0.3 is 20.6 Å². The van der Waals surface area contributed by atoms with Gasteiger partial charge in [0.05, 0.1) is 29.9 Å². The van der Waals surface area contributed by atoms with Crippen molar-refractivity contribution in [3.05, 3.63) is 87.2 Å². The van der Waals surface area contributed by atoms with Crippen molar-refractivity contribution in [3.8, 4) is 11.3 Å². The van der Waals surface area contributed by atoms with Gasteiger partial charge >= 0.3 is 6.09 Å². The lowest BCUT2D eigenvalue weighted by Gasteiger charge is -2.38. The molecule has 0 saturated carbocycles. The monoisotopic (exact) mass is 675 g/mol. The number of hydrogen-bond donors (Lipinski definition) is 4. The molecule has 6 rings (SSSR count). The number of alkyl carbamates (subject to hydrolysis) is 1. The molecule has 14 heteroatoms. The first kappa shape index (κ1) is 33.5. The number of piperidine rings is 1. The van der Waals surface area contributed by atoms with Crippen LogP contribution in [0.3, 0.4) is 0 Å². The highest BCUT2D eigenvalue weighted by Crippen LogP contribution is 2.30. The molecule has 0 aliphatic carbocycles. The third kappa shape index (κ3) is 7.49. The van der Waals surface area contributed by atoms with E-state index in [0.717, 1.165) is 28.1 Å². The summed E-state index contributed by atoms with van der Waals surface area (Å²) >= 11 is 6.65. The number of fused-ring (bicyclic) bond motifs is 1. The zero-order valence-corrected chi connectivity index (χ0v) is 28.6. The van der Waals surface area contributed by atoms with Crippen LogP contribution in [0.5, 0.6) is 0 Å². The summed E-state index contributed by atoms with van der Waals surface area (Å²) in [6.45, 7) is 9.86. The number of hydrazine groups is 2. The number of aryl methyl sites for hydroxylation is 1. The molecule has 0 atom stereocenters. The number of amides is 1. The number of nitrogens with zero attached hydrogens (tertiary/aromatic N) is 6. The molecule has 4 N–H and O–H groups in total. The highest BCUT2D eigenvalue weighted by atomic mass is 35.5. The molecule has 2 aromatic carbocycles. The molecule has 2 aliphatic heterocycles. The summed E-state index contributed by atoms with van der Waals surface area (Å²) in [5.74, 6) is 0. The molecule has 1 saturated heterocycles. The fourth-order valence-electron chi connectivity index (χ4n) is 6.00. The molecule has 0 radical (unpaired) electrons. The van der Waals surface area contributed by atoms with Crippen LogP contribution in [0.1, 0.15) is 51.7 Å². The van der Waals surface area contributed by atoms with Crippen LogP contribution in [0.15, 0.2) is 65.5 Å². The van der Waals surface area contributed by atoms with E-state index in [1.807, 2.05) is 81.4 Å². The molecular formula is C34H42ClN9O4. The van der Waals surface area contributed by atoms with E-state index in [-0.39, 0.29) is 17.6 Å². The van der Waals surface area contributed by atoms with Gasteiger partial charge in [-0.3, -0.25) is 24.0 Å². The van der Waals surface area contributed by atoms with E-state index in [1.165, 1.54) is 10.9 Å². The number of aliphatic hydroxyl groups is 1. The molecule has 1 fully saturated rings. The quantitative estimate of drug-likeness (QED) is 0.215. The largest absolute Gasteiger partial charge is 0.444 e. The van der Waals surface area contributed by atoms with Crippen LogP contribution in [0, 0.1) is 0 Å². The van der Waals surface area contributed by atoms with Gasteiger partial charge in [0.2, 0.25) is 0 Å². The van der Waals surface area contributed by atoms with Crippen molar-refractivity contribution in [3.63, 3.8) is 0 Å². The first-order valence-corrected chi connectivity index (χ1v) is 16.4. The molecule has 1 amide bonds. The van der Waals surface area contributed by atoms with Crippen molar-refractivity contribution in [2.24, 2.45) is 7.05 Å². The summed E-state index contributed by atoms with van der Waals surface area (Å²) in [7, 11) is 1.78. The molecule has 4 aromatic rings. The van der Waals surface area contributed by atoms with Gasteiger partial charge in [0.25, 0.3) is 5.56 Å². The minimum absolute atomic E-state index is 0.132. The average Bonchev–Trinajstić information content (AvgIpc) is 3.62. The molecule has 2 aliphatic rings. The molecule has 254 valence electrons. The van der Waals surface area contributed by atoms with E-state index >= 15 is 0 Å². The van der Waals surface area contributed by atoms with Crippen molar-refractivity contribution in [1.29, 1.82) is 0 Å². The van der Waals surface area contributed by atoms with Gasteiger partial charge in [0.15, 0.2) is 5.52 Å². The Balaban J connectivity index is 1.09. The molecular weight excluding hydrogens is 634 g/mol. The smallest absolute Gasteiger partial charge is 0.407 e. The van der Waals surface area contributed by atoms with Crippen LogP contribution in [-0.2, 0) is 31.4 Å². The fraction of sp³-hybridized carbons (Fsp3) is 0.412. The number of hydrogen-bond acceptors (Lipinski definition) is 10.